The number of aromatic nitrogens is 2. The number of aromatic amines is 1. The Kier molecular flexibility index (Phi) is 4.83. The number of hydrogen-bond acceptors (Lipinski definition) is 3. The van der Waals surface area contributed by atoms with Crippen molar-refractivity contribution in [2.45, 2.75) is 26.3 Å². The number of anilines is 1. The monoisotopic (exact) mass is 342 g/mol. The molecule has 3 N–H and O–H groups in total. The number of nitrogens with one attached hydrogen (secondary N) is 3. The number of carbonyl (C=O) groups excluding carboxylic acids is 1. The van der Waals surface area contributed by atoms with E-state index < -0.39 is 11.8 Å². The van der Waals surface area contributed by atoms with Crippen molar-refractivity contribution in [2.75, 3.05) is 5.32 Å². The molecule has 2 amide bonds. The Balaban J connectivity index is 1.63. The van der Waals surface area contributed by atoms with Crippen LogP contribution in [0.15, 0.2) is 47.1 Å². The van der Waals surface area contributed by atoms with Gasteiger partial charge in [-0.3, -0.25) is 5.10 Å². The van der Waals surface area contributed by atoms with Gasteiger partial charge in [-0.15, -0.1) is 0 Å². The van der Waals surface area contributed by atoms with Crippen molar-refractivity contribution in [1.82, 2.24) is 15.5 Å². The second-order valence-electron chi connectivity index (χ2n) is 5.92. The fourth-order valence-corrected chi connectivity index (χ4v) is 2.54. The quantitative estimate of drug-likeness (QED) is 0.658. The summed E-state index contributed by atoms with van der Waals surface area (Å²) in [5.41, 5.74) is 2.59. The number of aryl methyl sites for hydroxylation is 1. The molecular weight excluding hydrogens is 323 g/mol. The molecule has 6 nitrogen and oxygen atoms in total. The van der Waals surface area contributed by atoms with Gasteiger partial charge in [0.1, 0.15) is 11.6 Å². The molecule has 0 aliphatic carbocycles. The highest BCUT2D eigenvalue weighted by Crippen LogP contribution is 2.25. The minimum absolute atomic E-state index is 0.0919. The van der Waals surface area contributed by atoms with Crippen LogP contribution in [0.5, 0.6) is 0 Å². The van der Waals surface area contributed by atoms with Gasteiger partial charge in [0, 0.05) is 23.7 Å². The molecule has 1 aromatic carbocycles. The molecule has 0 aliphatic rings. The van der Waals surface area contributed by atoms with E-state index in [4.69, 9.17) is 4.42 Å². The lowest BCUT2D eigenvalue weighted by Crippen LogP contribution is -2.37. The average Bonchev–Trinajstić information content (AvgIpc) is 3.21. The maximum absolute atomic E-state index is 14.0. The predicted octanol–water partition coefficient (Wildman–Crippen LogP) is 3.87. The smallest absolute Gasteiger partial charge is 0.319 e. The molecule has 0 bridgehead atoms. The molecule has 7 heteroatoms. The summed E-state index contributed by atoms with van der Waals surface area (Å²) >= 11 is 0. The van der Waals surface area contributed by atoms with Crippen LogP contribution in [-0.2, 0) is 6.42 Å². The van der Waals surface area contributed by atoms with Crippen molar-refractivity contribution < 1.29 is 13.6 Å². The van der Waals surface area contributed by atoms with Crippen LogP contribution in [0.25, 0.3) is 11.3 Å². The lowest BCUT2D eigenvalue weighted by atomic mass is 10.1. The molecule has 0 fully saturated rings. The van der Waals surface area contributed by atoms with Crippen molar-refractivity contribution >= 4 is 11.7 Å². The molecule has 0 saturated carbocycles. The Morgan fingerprint density at radius 2 is 2.20 bits per heavy atom. The third kappa shape index (κ3) is 4.26. The molecule has 0 aliphatic heterocycles. The van der Waals surface area contributed by atoms with Crippen LogP contribution in [0, 0.1) is 12.7 Å². The highest BCUT2D eigenvalue weighted by atomic mass is 19.1. The summed E-state index contributed by atoms with van der Waals surface area (Å²) in [6.07, 6.45) is 2.11. The van der Waals surface area contributed by atoms with E-state index in [1.165, 1.54) is 18.4 Å². The fraction of sp³-hybridized carbons (Fsp3) is 0.222. The van der Waals surface area contributed by atoms with E-state index in [-0.39, 0.29) is 11.7 Å². The number of urea groups is 1. The number of benzene rings is 1. The molecule has 3 aromatic rings. The predicted molar refractivity (Wildman–Crippen MR) is 92.7 cm³/mol. The topological polar surface area (TPSA) is 82.9 Å². The number of hydrogen-bond donors (Lipinski definition) is 3. The Morgan fingerprint density at radius 1 is 1.36 bits per heavy atom. The largest absolute Gasteiger partial charge is 0.464 e. The summed E-state index contributed by atoms with van der Waals surface area (Å²) in [6, 6.07) is 9.23. The van der Waals surface area contributed by atoms with Crippen LogP contribution in [0.4, 0.5) is 14.9 Å². The first-order valence-electron chi connectivity index (χ1n) is 7.93. The normalized spacial score (nSPS) is 12.0. The molecular formula is C18H19FN4O2. The first-order chi connectivity index (χ1) is 12.0. The molecule has 0 radical (unpaired) electrons. The van der Waals surface area contributed by atoms with E-state index >= 15 is 0 Å². The van der Waals surface area contributed by atoms with Crippen molar-refractivity contribution in [3.8, 4) is 11.3 Å². The Labute approximate surface area is 144 Å². The first-order valence-corrected chi connectivity index (χ1v) is 7.93. The SMILES string of the molecule is Cc1cc(CC(C)NC(=O)Nc2cc(-c3ccco3)ccc2F)n[nH]1. The molecule has 0 saturated heterocycles. The Hall–Kier alpha value is -3.09. The zero-order valence-corrected chi connectivity index (χ0v) is 14.0. The van der Waals surface area contributed by atoms with Gasteiger partial charge in [0.2, 0.25) is 0 Å². The van der Waals surface area contributed by atoms with Crippen LogP contribution in [0.3, 0.4) is 0 Å². The van der Waals surface area contributed by atoms with Gasteiger partial charge in [0.15, 0.2) is 0 Å². The van der Waals surface area contributed by atoms with E-state index in [2.05, 4.69) is 20.8 Å². The van der Waals surface area contributed by atoms with Crippen LogP contribution >= 0.6 is 0 Å². The lowest BCUT2D eigenvalue weighted by Gasteiger charge is -2.14. The maximum atomic E-state index is 14.0. The number of amides is 2. The second-order valence-corrected chi connectivity index (χ2v) is 5.92. The molecule has 0 spiro atoms. The lowest BCUT2D eigenvalue weighted by molar-refractivity contribution is 0.249. The number of rotatable bonds is 5. The van der Waals surface area contributed by atoms with Gasteiger partial charge in [0.25, 0.3) is 0 Å². The van der Waals surface area contributed by atoms with Gasteiger partial charge in [-0.25, -0.2) is 9.18 Å². The number of halogens is 1. The van der Waals surface area contributed by atoms with E-state index in [9.17, 15) is 9.18 Å². The summed E-state index contributed by atoms with van der Waals surface area (Å²) in [5.74, 6) is 0.0896. The molecule has 1 unspecified atom stereocenters. The molecule has 130 valence electrons. The van der Waals surface area contributed by atoms with Gasteiger partial charge >= 0.3 is 6.03 Å². The standard InChI is InChI=1S/C18H19FN4O2/c1-11(8-14-9-12(2)22-23-14)20-18(24)21-16-10-13(5-6-15(16)19)17-4-3-7-25-17/h3-7,9-11H,8H2,1-2H3,(H,22,23)(H2,20,21,24). The van der Waals surface area contributed by atoms with Gasteiger partial charge in [-0.1, -0.05) is 0 Å². The first kappa shape index (κ1) is 16.8. The zero-order valence-electron chi connectivity index (χ0n) is 14.0. The summed E-state index contributed by atoms with van der Waals surface area (Å²) in [6.45, 7) is 3.77. The average molecular weight is 342 g/mol. The Bertz CT molecular complexity index is 858. The van der Waals surface area contributed by atoms with Gasteiger partial charge in [0.05, 0.1) is 17.6 Å². The Morgan fingerprint density at radius 3 is 2.88 bits per heavy atom. The number of carbonyl (C=O) groups is 1. The summed E-state index contributed by atoms with van der Waals surface area (Å²) < 4.78 is 19.3. The third-order valence-corrected chi connectivity index (χ3v) is 3.67. The van der Waals surface area contributed by atoms with Crippen LogP contribution in [-0.4, -0.2) is 22.3 Å². The van der Waals surface area contributed by atoms with Gasteiger partial charge < -0.3 is 15.1 Å². The number of H-pyrrole nitrogens is 1. The van der Waals surface area contributed by atoms with E-state index in [0.717, 1.165) is 11.4 Å². The summed E-state index contributed by atoms with van der Waals surface area (Å²) in [4.78, 5) is 12.1. The number of nitrogens with zero attached hydrogens (tertiary/aromatic N) is 1. The minimum Gasteiger partial charge on any atom is -0.464 e. The molecule has 1 atom stereocenters. The van der Waals surface area contributed by atoms with E-state index in [1.807, 2.05) is 19.9 Å². The highest BCUT2D eigenvalue weighted by Gasteiger charge is 2.13. The number of furan rings is 1. The van der Waals surface area contributed by atoms with Crippen LogP contribution in [0.2, 0.25) is 0 Å². The van der Waals surface area contributed by atoms with E-state index in [0.29, 0.717) is 17.7 Å². The second kappa shape index (κ2) is 7.21. The van der Waals surface area contributed by atoms with Crippen molar-refractivity contribution in [2.24, 2.45) is 0 Å². The van der Waals surface area contributed by atoms with Crippen molar-refractivity contribution in [3.63, 3.8) is 0 Å². The summed E-state index contributed by atoms with van der Waals surface area (Å²) in [7, 11) is 0. The molecule has 2 aromatic heterocycles. The van der Waals surface area contributed by atoms with E-state index in [1.54, 1.807) is 18.2 Å². The summed E-state index contributed by atoms with van der Waals surface area (Å²) in [5, 5.41) is 12.3. The van der Waals surface area contributed by atoms with Crippen molar-refractivity contribution in [1.29, 1.82) is 0 Å². The fourth-order valence-electron chi connectivity index (χ4n) is 2.54. The van der Waals surface area contributed by atoms with Gasteiger partial charge in [-0.2, -0.15) is 5.10 Å². The molecule has 3 rings (SSSR count). The maximum Gasteiger partial charge on any atom is 0.319 e. The minimum atomic E-state index is -0.513. The zero-order chi connectivity index (χ0) is 17.8. The van der Waals surface area contributed by atoms with Crippen LogP contribution in [0.1, 0.15) is 18.3 Å². The van der Waals surface area contributed by atoms with Crippen LogP contribution < -0.4 is 10.6 Å². The van der Waals surface area contributed by atoms with Gasteiger partial charge in [-0.05, 0) is 50.2 Å². The van der Waals surface area contributed by atoms with Crippen molar-refractivity contribution in [3.05, 3.63) is 59.9 Å². The molecule has 25 heavy (non-hydrogen) atoms. The third-order valence-electron chi connectivity index (χ3n) is 3.67. The molecule has 2 heterocycles. The highest BCUT2D eigenvalue weighted by molar-refractivity contribution is 5.90.